The van der Waals surface area contributed by atoms with E-state index >= 15 is 0 Å². The lowest BCUT2D eigenvalue weighted by Gasteiger charge is -2.17. The van der Waals surface area contributed by atoms with Crippen LogP contribution in [0.4, 0.5) is 0 Å². The molecule has 0 aliphatic heterocycles. The standard InChI is InChI=1S/C7H13N2.ClHO4/c1-3-4-9-6-5-8(2)7-9;2-1(3,4)5/h5-7H,3-4H2,1-2H3;(H,2,3,4,5)/q+1;/p-1. The van der Waals surface area contributed by atoms with E-state index < -0.39 is 10.2 Å². The summed E-state index contributed by atoms with van der Waals surface area (Å²) in [6.07, 6.45) is 7.43. The Labute approximate surface area is 84.4 Å². The lowest BCUT2D eigenvalue weighted by Crippen LogP contribution is -2.68. The summed E-state index contributed by atoms with van der Waals surface area (Å²) in [5, 5.41) is 0. The van der Waals surface area contributed by atoms with Crippen LogP contribution in [0.25, 0.3) is 0 Å². The maximum Gasteiger partial charge on any atom is 0.243 e. The zero-order valence-electron chi connectivity index (χ0n) is 8.05. The van der Waals surface area contributed by atoms with Gasteiger partial charge in [-0.05, 0) is 6.42 Å². The molecular weight excluding hydrogens is 212 g/mol. The molecule has 0 amide bonds. The highest BCUT2D eigenvalue weighted by Gasteiger charge is 1.94. The lowest BCUT2D eigenvalue weighted by molar-refractivity contribution is -2.00. The van der Waals surface area contributed by atoms with E-state index in [0.29, 0.717) is 0 Å². The molecule has 0 saturated heterocycles. The third-order valence-corrected chi connectivity index (χ3v) is 1.31. The van der Waals surface area contributed by atoms with E-state index in [2.05, 4.69) is 34.8 Å². The van der Waals surface area contributed by atoms with Gasteiger partial charge in [-0.2, -0.15) is 0 Å². The first-order valence-electron chi connectivity index (χ1n) is 3.95. The Balaban J connectivity index is 0.000000292. The topological polar surface area (TPSA) is 101 Å². The molecule has 7 heteroatoms. The Bertz CT molecular complexity index is 252. The molecule has 1 rings (SSSR count). The first kappa shape index (κ1) is 13.3. The molecule has 0 atom stereocenters. The largest absolute Gasteiger partial charge is 0.243 e. The van der Waals surface area contributed by atoms with Gasteiger partial charge in [0.05, 0.1) is 13.6 Å². The van der Waals surface area contributed by atoms with Crippen LogP contribution in [0.2, 0.25) is 0 Å². The SMILES string of the molecule is CCCn1cc[n+](C)c1.[O-][Cl+3]([O-])([O-])[O-]. The highest BCUT2D eigenvalue weighted by molar-refractivity contribution is 4.64. The third kappa shape index (κ3) is 9.43. The minimum Gasteiger partial charge on any atom is -0.240 e. The number of aryl methyl sites for hydroxylation is 2. The summed E-state index contributed by atoms with van der Waals surface area (Å²) in [5.41, 5.74) is 0. The van der Waals surface area contributed by atoms with E-state index in [0.717, 1.165) is 6.54 Å². The molecule has 0 aliphatic carbocycles. The van der Waals surface area contributed by atoms with Crippen LogP contribution in [0.15, 0.2) is 18.7 Å². The Morgan fingerprint density at radius 3 is 2.07 bits per heavy atom. The predicted molar refractivity (Wildman–Crippen MR) is 35.9 cm³/mol. The van der Waals surface area contributed by atoms with E-state index in [9.17, 15) is 0 Å². The van der Waals surface area contributed by atoms with Crippen molar-refractivity contribution in [3.63, 3.8) is 0 Å². The summed E-state index contributed by atoms with van der Waals surface area (Å²) < 4.78 is 38.2. The van der Waals surface area contributed by atoms with Crippen molar-refractivity contribution < 1.29 is 33.4 Å². The number of rotatable bonds is 2. The van der Waals surface area contributed by atoms with Crippen LogP contribution in [0.3, 0.4) is 0 Å². The molecule has 0 radical (unpaired) electrons. The van der Waals surface area contributed by atoms with E-state index in [4.69, 9.17) is 18.6 Å². The lowest BCUT2D eigenvalue weighted by atomic mass is 10.5. The highest BCUT2D eigenvalue weighted by Crippen LogP contribution is 1.85. The van der Waals surface area contributed by atoms with E-state index in [1.165, 1.54) is 6.42 Å². The molecule has 1 aromatic heterocycles. The first-order chi connectivity index (χ1) is 6.33. The molecule has 0 bridgehead atoms. The van der Waals surface area contributed by atoms with Crippen molar-refractivity contribution in [1.82, 2.24) is 4.57 Å². The molecule has 14 heavy (non-hydrogen) atoms. The van der Waals surface area contributed by atoms with Crippen LogP contribution in [-0.4, -0.2) is 4.57 Å². The molecule has 0 fully saturated rings. The molecular formula is C7H13ClN2O4. The van der Waals surface area contributed by atoms with Gasteiger partial charge in [-0.3, -0.25) is 0 Å². The third-order valence-electron chi connectivity index (χ3n) is 1.31. The molecule has 6 nitrogen and oxygen atoms in total. The fraction of sp³-hybridized carbons (Fsp3) is 0.571. The molecule has 1 heterocycles. The second kappa shape index (κ2) is 5.94. The van der Waals surface area contributed by atoms with Gasteiger partial charge in [-0.25, -0.2) is 27.8 Å². The van der Waals surface area contributed by atoms with Crippen molar-refractivity contribution in [3.8, 4) is 0 Å². The number of aromatic nitrogens is 2. The van der Waals surface area contributed by atoms with Crippen molar-refractivity contribution >= 4 is 0 Å². The summed E-state index contributed by atoms with van der Waals surface area (Å²) in [7, 11) is -2.91. The number of halogens is 1. The van der Waals surface area contributed by atoms with E-state index in [1.54, 1.807) is 0 Å². The smallest absolute Gasteiger partial charge is 0.240 e. The summed E-state index contributed by atoms with van der Waals surface area (Å²) in [6.45, 7) is 3.31. The second-order valence-electron chi connectivity index (χ2n) is 2.69. The van der Waals surface area contributed by atoms with Gasteiger partial charge in [0, 0.05) is 0 Å². The van der Waals surface area contributed by atoms with Gasteiger partial charge < -0.3 is 0 Å². The number of imidazole rings is 1. The normalized spacial score (nSPS) is 10.7. The Morgan fingerprint density at radius 1 is 1.29 bits per heavy atom. The van der Waals surface area contributed by atoms with Crippen LogP contribution in [0.5, 0.6) is 0 Å². The van der Waals surface area contributed by atoms with Crippen molar-refractivity contribution in [2.24, 2.45) is 7.05 Å². The van der Waals surface area contributed by atoms with Gasteiger partial charge in [-0.15, -0.1) is 10.2 Å². The minimum absolute atomic E-state index is 1.13. The Kier molecular flexibility index (Phi) is 5.66. The molecule has 0 N–H and O–H groups in total. The summed E-state index contributed by atoms with van der Waals surface area (Å²) in [4.78, 5) is 0. The van der Waals surface area contributed by atoms with Crippen molar-refractivity contribution in [3.05, 3.63) is 18.7 Å². The molecule has 0 saturated carbocycles. The van der Waals surface area contributed by atoms with Crippen LogP contribution in [0.1, 0.15) is 13.3 Å². The van der Waals surface area contributed by atoms with Crippen LogP contribution in [0, 0.1) is 10.2 Å². The Morgan fingerprint density at radius 2 is 1.79 bits per heavy atom. The fourth-order valence-corrected chi connectivity index (χ4v) is 0.892. The maximum absolute atomic E-state index is 8.49. The number of nitrogens with zero attached hydrogens (tertiary/aromatic N) is 2. The molecule has 0 unspecified atom stereocenters. The van der Waals surface area contributed by atoms with Gasteiger partial charge in [0.15, 0.2) is 0 Å². The van der Waals surface area contributed by atoms with Gasteiger partial charge in [0.1, 0.15) is 12.4 Å². The molecule has 0 spiro atoms. The van der Waals surface area contributed by atoms with Crippen molar-refractivity contribution in [2.75, 3.05) is 0 Å². The van der Waals surface area contributed by atoms with Gasteiger partial charge in [-0.1, -0.05) is 6.92 Å². The van der Waals surface area contributed by atoms with Gasteiger partial charge in [0.25, 0.3) is 0 Å². The first-order valence-corrected chi connectivity index (χ1v) is 5.19. The van der Waals surface area contributed by atoms with Crippen LogP contribution in [-0.2, 0) is 13.6 Å². The van der Waals surface area contributed by atoms with E-state index in [-0.39, 0.29) is 0 Å². The Hall–Kier alpha value is -0.660. The zero-order chi connectivity index (χ0) is 11.2. The van der Waals surface area contributed by atoms with Crippen LogP contribution >= 0.6 is 0 Å². The number of hydrogen-bond acceptors (Lipinski definition) is 4. The summed E-state index contributed by atoms with van der Waals surface area (Å²) in [6, 6.07) is 0. The average molecular weight is 225 g/mol. The van der Waals surface area contributed by atoms with E-state index in [1.807, 2.05) is 7.05 Å². The van der Waals surface area contributed by atoms with Crippen molar-refractivity contribution in [1.29, 1.82) is 0 Å². The summed E-state index contributed by atoms with van der Waals surface area (Å²) in [5.74, 6) is 0. The molecule has 0 aliphatic rings. The van der Waals surface area contributed by atoms with Crippen LogP contribution < -0.4 is 23.2 Å². The fourth-order valence-electron chi connectivity index (χ4n) is 0.892. The maximum atomic E-state index is 8.49. The number of hydrogen-bond donors (Lipinski definition) is 0. The predicted octanol–water partition coefficient (Wildman–Crippen LogP) is -4.03. The minimum atomic E-state index is -4.94. The highest BCUT2D eigenvalue weighted by atomic mass is 35.7. The molecule has 1 aromatic rings. The zero-order valence-corrected chi connectivity index (χ0v) is 8.81. The molecule has 82 valence electrons. The second-order valence-corrected chi connectivity index (χ2v) is 3.45. The van der Waals surface area contributed by atoms with Gasteiger partial charge >= 0.3 is 0 Å². The summed E-state index contributed by atoms with van der Waals surface area (Å²) >= 11 is 0. The van der Waals surface area contributed by atoms with Gasteiger partial charge in [0.2, 0.25) is 6.33 Å². The van der Waals surface area contributed by atoms with Crippen molar-refractivity contribution in [2.45, 2.75) is 19.9 Å². The quantitative estimate of drug-likeness (QED) is 0.478. The molecule has 0 aromatic carbocycles. The monoisotopic (exact) mass is 224 g/mol. The average Bonchev–Trinajstić information content (AvgIpc) is 2.32.